The summed E-state index contributed by atoms with van der Waals surface area (Å²) in [7, 11) is 1.81. The summed E-state index contributed by atoms with van der Waals surface area (Å²) in [6.07, 6.45) is 3.93. The first-order valence-electron chi connectivity index (χ1n) is 9.65. The van der Waals surface area contributed by atoms with Crippen LogP contribution in [0.1, 0.15) is 18.9 Å². The molecule has 7 nitrogen and oxygen atoms in total. The molecule has 0 aliphatic carbocycles. The Morgan fingerprint density at radius 2 is 1.96 bits per heavy atom. The molecule has 1 aliphatic rings. The number of hydrogen-bond donors (Lipinski definition) is 2. The Bertz CT molecular complexity index is 778. The van der Waals surface area contributed by atoms with Crippen molar-refractivity contribution in [3.8, 4) is 0 Å². The summed E-state index contributed by atoms with van der Waals surface area (Å²) in [6, 6.07) is 8.40. The van der Waals surface area contributed by atoms with Crippen molar-refractivity contribution in [3.63, 3.8) is 0 Å². The van der Waals surface area contributed by atoms with Gasteiger partial charge in [0.25, 0.3) is 0 Å². The van der Waals surface area contributed by atoms with Crippen LogP contribution < -0.4 is 5.32 Å². The minimum absolute atomic E-state index is 0.223. The van der Waals surface area contributed by atoms with Gasteiger partial charge in [-0.1, -0.05) is 18.2 Å². The fourth-order valence-electron chi connectivity index (χ4n) is 3.47. The zero-order chi connectivity index (χ0) is 19.1. The number of aromatic amines is 1. The zero-order valence-corrected chi connectivity index (χ0v) is 16.2. The number of guanidine groups is 1. The molecule has 3 rings (SSSR count). The zero-order valence-electron chi connectivity index (χ0n) is 16.2. The van der Waals surface area contributed by atoms with E-state index in [1.165, 1.54) is 16.5 Å². The second-order valence-electron chi connectivity index (χ2n) is 6.61. The summed E-state index contributed by atoms with van der Waals surface area (Å²) in [5.41, 5.74) is 2.54. The summed E-state index contributed by atoms with van der Waals surface area (Å²) < 4.78 is 5.07. The molecule has 146 valence electrons. The van der Waals surface area contributed by atoms with Crippen molar-refractivity contribution >= 4 is 23.0 Å². The molecule has 0 saturated carbocycles. The van der Waals surface area contributed by atoms with Gasteiger partial charge in [-0.3, -0.25) is 4.99 Å². The van der Waals surface area contributed by atoms with Crippen molar-refractivity contribution < 1.29 is 9.53 Å². The largest absolute Gasteiger partial charge is 0.450 e. The Balaban J connectivity index is 1.43. The maximum absolute atomic E-state index is 11.8. The van der Waals surface area contributed by atoms with Gasteiger partial charge in [0, 0.05) is 56.9 Å². The number of ether oxygens (including phenoxy) is 1. The molecule has 2 aromatic rings. The first-order valence-corrected chi connectivity index (χ1v) is 9.65. The van der Waals surface area contributed by atoms with E-state index in [0.717, 1.165) is 38.4 Å². The minimum atomic E-state index is -0.223. The number of aryl methyl sites for hydroxylation is 1. The molecule has 7 heteroatoms. The maximum atomic E-state index is 11.8. The fourth-order valence-corrected chi connectivity index (χ4v) is 3.47. The summed E-state index contributed by atoms with van der Waals surface area (Å²) in [5, 5.41) is 4.75. The Hall–Kier alpha value is -2.70. The molecule has 0 radical (unpaired) electrons. The topological polar surface area (TPSA) is 73.0 Å². The van der Waals surface area contributed by atoms with Gasteiger partial charge in [0.2, 0.25) is 0 Å². The van der Waals surface area contributed by atoms with Crippen LogP contribution in [0.4, 0.5) is 4.79 Å². The second-order valence-corrected chi connectivity index (χ2v) is 6.61. The Labute approximate surface area is 160 Å². The lowest BCUT2D eigenvalue weighted by molar-refractivity contribution is 0.0914. The lowest BCUT2D eigenvalue weighted by atomic mass is 10.1. The van der Waals surface area contributed by atoms with Gasteiger partial charge in [-0.15, -0.1) is 0 Å². The monoisotopic (exact) mass is 371 g/mol. The van der Waals surface area contributed by atoms with Crippen molar-refractivity contribution in [2.45, 2.75) is 19.8 Å². The number of nitrogens with zero attached hydrogens (tertiary/aromatic N) is 3. The highest BCUT2D eigenvalue weighted by Gasteiger charge is 2.23. The van der Waals surface area contributed by atoms with Gasteiger partial charge in [-0.2, -0.15) is 0 Å². The molecule has 1 fully saturated rings. The Morgan fingerprint density at radius 3 is 2.70 bits per heavy atom. The fraction of sp³-hybridized carbons (Fsp3) is 0.500. The second kappa shape index (κ2) is 9.30. The lowest BCUT2D eigenvalue weighted by Crippen LogP contribution is -2.54. The van der Waals surface area contributed by atoms with E-state index in [-0.39, 0.29) is 6.09 Å². The van der Waals surface area contributed by atoms with Crippen molar-refractivity contribution in [1.29, 1.82) is 0 Å². The number of fused-ring (bicyclic) bond motifs is 1. The molecule has 0 atom stereocenters. The van der Waals surface area contributed by atoms with Crippen molar-refractivity contribution in [1.82, 2.24) is 20.1 Å². The van der Waals surface area contributed by atoms with Crippen LogP contribution in [-0.4, -0.2) is 73.2 Å². The normalized spacial score (nSPS) is 15.3. The molecule has 2 heterocycles. The Kier molecular flexibility index (Phi) is 6.57. The SMILES string of the molecule is CCOC(=O)N1CCN(C(=NC)NCCCc2c[nH]c3ccccc23)CC1. The van der Waals surface area contributed by atoms with E-state index in [1.54, 1.807) is 11.9 Å². The number of carbonyl (C=O) groups excluding carboxylic acids is 1. The molecule has 0 spiro atoms. The van der Waals surface area contributed by atoms with Crippen molar-refractivity contribution in [3.05, 3.63) is 36.0 Å². The van der Waals surface area contributed by atoms with Crippen LogP contribution in [0.5, 0.6) is 0 Å². The van der Waals surface area contributed by atoms with Crippen LogP contribution in [0.3, 0.4) is 0 Å². The predicted molar refractivity (Wildman–Crippen MR) is 108 cm³/mol. The molecule has 2 N–H and O–H groups in total. The maximum Gasteiger partial charge on any atom is 0.409 e. The number of benzene rings is 1. The van der Waals surface area contributed by atoms with Crippen LogP contribution in [-0.2, 0) is 11.2 Å². The van der Waals surface area contributed by atoms with E-state index >= 15 is 0 Å². The number of rotatable bonds is 5. The minimum Gasteiger partial charge on any atom is -0.450 e. The third-order valence-corrected chi connectivity index (χ3v) is 4.90. The van der Waals surface area contributed by atoms with E-state index in [2.05, 4.69) is 50.7 Å². The highest BCUT2D eigenvalue weighted by Crippen LogP contribution is 2.18. The van der Waals surface area contributed by atoms with E-state index < -0.39 is 0 Å². The van der Waals surface area contributed by atoms with Gasteiger partial charge in [-0.25, -0.2) is 4.79 Å². The van der Waals surface area contributed by atoms with Gasteiger partial charge in [0.05, 0.1) is 6.61 Å². The molecule has 0 unspecified atom stereocenters. The van der Waals surface area contributed by atoms with E-state index in [0.29, 0.717) is 19.7 Å². The molecule has 27 heavy (non-hydrogen) atoms. The third-order valence-electron chi connectivity index (χ3n) is 4.90. The number of piperazine rings is 1. The average molecular weight is 371 g/mol. The van der Waals surface area contributed by atoms with Crippen molar-refractivity contribution in [2.24, 2.45) is 4.99 Å². The number of nitrogens with one attached hydrogen (secondary N) is 2. The number of amides is 1. The van der Waals surface area contributed by atoms with E-state index in [1.807, 2.05) is 6.92 Å². The van der Waals surface area contributed by atoms with Crippen LogP contribution >= 0.6 is 0 Å². The van der Waals surface area contributed by atoms with Gasteiger partial charge < -0.3 is 24.8 Å². The predicted octanol–water partition coefficient (Wildman–Crippen LogP) is 2.45. The molecule has 1 aromatic heterocycles. The first kappa shape index (κ1) is 19.1. The third kappa shape index (κ3) is 4.72. The lowest BCUT2D eigenvalue weighted by Gasteiger charge is -2.35. The standard InChI is InChI=1S/C20H29N5O2/c1-3-27-20(26)25-13-11-24(12-14-25)19(21-2)22-10-6-7-16-15-23-18-9-5-4-8-17(16)18/h4-5,8-9,15,23H,3,6-7,10-14H2,1-2H3,(H,21,22). The van der Waals surface area contributed by atoms with Gasteiger partial charge in [-0.05, 0) is 31.4 Å². The van der Waals surface area contributed by atoms with Gasteiger partial charge >= 0.3 is 6.09 Å². The highest BCUT2D eigenvalue weighted by molar-refractivity contribution is 5.83. The van der Waals surface area contributed by atoms with Crippen molar-refractivity contribution in [2.75, 3.05) is 46.4 Å². The van der Waals surface area contributed by atoms with Crippen LogP contribution in [0.25, 0.3) is 10.9 Å². The molecule has 1 amide bonds. The molecule has 1 aliphatic heterocycles. The summed E-state index contributed by atoms with van der Waals surface area (Å²) in [5.74, 6) is 0.900. The van der Waals surface area contributed by atoms with Crippen LogP contribution in [0.15, 0.2) is 35.5 Å². The summed E-state index contributed by atoms with van der Waals surface area (Å²) in [4.78, 5) is 23.5. The quantitative estimate of drug-likeness (QED) is 0.481. The Morgan fingerprint density at radius 1 is 1.22 bits per heavy atom. The number of H-pyrrole nitrogens is 1. The van der Waals surface area contributed by atoms with Gasteiger partial charge in [0.15, 0.2) is 5.96 Å². The first-order chi connectivity index (χ1) is 13.2. The highest BCUT2D eigenvalue weighted by atomic mass is 16.6. The number of carbonyl (C=O) groups is 1. The summed E-state index contributed by atoms with van der Waals surface area (Å²) >= 11 is 0. The molecule has 0 bridgehead atoms. The number of para-hydroxylation sites is 1. The average Bonchev–Trinajstić information content (AvgIpc) is 3.12. The molecular formula is C20H29N5O2. The molecular weight excluding hydrogens is 342 g/mol. The number of hydrogen-bond acceptors (Lipinski definition) is 3. The van der Waals surface area contributed by atoms with Crippen LogP contribution in [0.2, 0.25) is 0 Å². The van der Waals surface area contributed by atoms with E-state index in [4.69, 9.17) is 4.74 Å². The smallest absolute Gasteiger partial charge is 0.409 e. The molecule has 1 aromatic carbocycles. The number of aromatic nitrogens is 1. The van der Waals surface area contributed by atoms with Crippen LogP contribution in [0, 0.1) is 0 Å². The van der Waals surface area contributed by atoms with Gasteiger partial charge in [0.1, 0.15) is 0 Å². The summed E-state index contributed by atoms with van der Waals surface area (Å²) in [6.45, 7) is 5.96. The molecule has 1 saturated heterocycles. The van der Waals surface area contributed by atoms with E-state index in [9.17, 15) is 4.79 Å². The number of aliphatic imine (C=N–C) groups is 1.